The van der Waals surface area contributed by atoms with E-state index in [0.29, 0.717) is 29.9 Å². The minimum Gasteiger partial charge on any atom is -0.493 e. The van der Waals surface area contributed by atoms with Gasteiger partial charge in [0.05, 0.1) is 12.0 Å². The summed E-state index contributed by atoms with van der Waals surface area (Å²) in [7, 11) is 3.52. The SMILES string of the molecule is COc1cc(C2C3=C(CCCC3=O)N(C)C3=C2C(=O)CCC3)ccc1OCc1cccc([N+](=O)[O-])c1. The number of Topliss-reactive ketones (excluding diaryl/α,β-unsaturated/α-hetero) is 2. The number of allylic oxidation sites excluding steroid dienone is 4. The van der Waals surface area contributed by atoms with E-state index in [1.165, 1.54) is 12.1 Å². The van der Waals surface area contributed by atoms with E-state index in [0.717, 1.165) is 53.8 Å². The maximum absolute atomic E-state index is 13.2. The Kier molecular flexibility index (Phi) is 6.35. The maximum atomic E-state index is 13.2. The summed E-state index contributed by atoms with van der Waals surface area (Å²) in [5.74, 6) is 0.749. The summed E-state index contributed by atoms with van der Waals surface area (Å²) < 4.78 is 11.6. The highest BCUT2D eigenvalue weighted by Crippen LogP contribution is 2.49. The molecule has 186 valence electrons. The third-order valence-corrected chi connectivity index (χ3v) is 7.28. The quantitative estimate of drug-likeness (QED) is 0.406. The Labute approximate surface area is 209 Å². The molecule has 3 aliphatic rings. The zero-order chi connectivity index (χ0) is 25.4. The molecule has 8 nitrogen and oxygen atoms in total. The molecule has 0 radical (unpaired) electrons. The Morgan fingerprint density at radius 2 is 1.61 bits per heavy atom. The summed E-state index contributed by atoms with van der Waals surface area (Å²) in [6.07, 6.45) is 4.25. The van der Waals surface area contributed by atoms with E-state index < -0.39 is 10.8 Å². The van der Waals surface area contributed by atoms with Crippen LogP contribution in [0.2, 0.25) is 0 Å². The fraction of sp³-hybridized carbons (Fsp3) is 0.357. The summed E-state index contributed by atoms with van der Waals surface area (Å²) in [5, 5.41) is 11.1. The van der Waals surface area contributed by atoms with Gasteiger partial charge in [-0.2, -0.15) is 0 Å². The van der Waals surface area contributed by atoms with Crippen LogP contribution in [0.3, 0.4) is 0 Å². The monoisotopic (exact) mass is 488 g/mol. The Morgan fingerprint density at radius 3 is 2.22 bits per heavy atom. The minimum absolute atomic E-state index is 0.00290. The van der Waals surface area contributed by atoms with Crippen LogP contribution >= 0.6 is 0 Å². The number of nitro groups is 1. The number of methoxy groups -OCH3 is 1. The Hall–Kier alpha value is -3.94. The minimum atomic E-state index is -0.439. The standard InChI is InChI=1S/C28H28N2O6/c1-29-20-8-4-10-22(31)27(20)26(28-21(29)9-5-11-23(28)32)18-12-13-24(25(15-18)35-2)36-16-17-6-3-7-19(14-17)30(33)34/h3,6-7,12-15,26H,4-5,8-11,16H2,1-2H3. The molecule has 0 atom stereocenters. The van der Waals surface area contributed by atoms with E-state index in [-0.39, 0.29) is 23.9 Å². The second-order valence-electron chi connectivity index (χ2n) is 9.39. The van der Waals surface area contributed by atoms with E-state index in [1.807, 2.05) is 19.2 Å². The molecular weight excluding hydrogens is 460 g/mol. The highest BCUT2D eigenvalue weighted by Gasteiger charge is 2.42. The molecule has 0 N–H and O–H groups in total. The fourth-order valence-electron chi connectivity index (χ4n) is 5.59. The topological polar surface area (TPSA) is 99.0 Å². The van der Waals surface area contributed by atoms with Gasteiger partial charge in [-0.25, -0.2) is 0 Å². The van der Waals surface area contributed by atoms with Crippen molar-refractivity contribution in [2.75, 3.05) is 14.2 Å². The highest BCUT2D eigenvalue weighted by atomic mass is 16.6. The van der Waals surface area contributed by atoms with Crippen LogP contribution in [0.1, 0.15) is 55.6 Å². The van der Waals surface area contributed by atoms with Crippen molar-refractivity contribution in [3.8, 4) is 11.5 Å². The lowest BCUT2D eigenvalue weighted by Crippen LogP contribution is -2.37. The van der Waals surface area contributed by atoms with Crippen molar-refractivity contribution in [3.63, 3.8) is 0 Å². The van der Waals surface area contributed by atoms with Crippen molar-refractivity contribution in [1.82, 2.24) is 4.90 Å². The first-order chi connectivity index (χ1) is 17.4. The van der Waals surface area contributed by atoms with Crippen LogP contribution in [0.5, 0.6) is 11.5 Å². The summed E-state index contributed by atoms with van der Waals surface area (Å²) in [6.45, 7) is 0.132. The smallest absolute Gasteiger partial charge is 0.269 e. The fourth-order valence-corrected chi connectivity index (χ4v) is 5.59. The number of ketones is 2. The zero-order valence-corrected chi connectivity index (χ0v) is 20.4. The van der Waals surface area contributed by atoms with Crippen LogP contribution < -0.4 is 9.47 Å². The van der Waals surface area contributed by atoms with Crippen molar-refractivity contribution in [2.45, 2.75) is 51.0 Å². The molecule has 2 aromatic carbocycles. The molecular formula is C28H28N2O6. The van der Waals surface area contributed by atoms with Crippen molar-refractivity contribution in [2.24, 2.45) is 0 Å². The molecule has 36 heavy (non-hydrogen) atoms. The van der Waals surface area contributed by atoms with Crippen LogP contribution in [-0.2, 0) is 16.2 Å². The van der Waals surface area contributed by atoms with E-state index in [4.69, 9.17) is 9.47 Å². The van der Waals surface area contributed by atoms with Gasteiger partial charge in [0.15, 0.2) is 23.1 Å². The van der Waals surface area contributed by atoms with Crippen molar-refractivity contribution < 1.29 is 24.0 Å². The van der Waals surface area contributed by atoms with Crippen molar-refractivity contribution in [1.29, 1.82) is 0 Å². The number of rotatable bonds is 6. The van der Waals surface area contributed by atoms with Gasteiger partial charge in [0, 0.05) is 60.5 Å². The zero-order valence-electron chi connectivity index (χ0n) is 20.4. The molecule has 0 amide bonds. The van der Waals surface area contributed by atoms with Gasteiger partial charge in [0.2, 0.25) is 0 Å². The maximum Gasteiger partial charge on any atom is 0.269 e. The predicted molar refractivity (Wildman–Crippen MR) is 133 cm³/mol. The van der Waals surface area contributed by atoms with Crippen LogP contribution in [0.25, 0.3) is 0 Å². The van der Waals surface area contributed by atoms with Gasteiger partial charge in [0.1, 0.15) is 6.61 Å². The van der Waals surface area contributed by atoms with Gasteiger partial charge in [-0.05, 0) is 48.9 Å². The molecule has 0 aromatic heterocycles. The van der Waals surface area contributed by atoms with E-state index in [9.17, 15) is 19.7 Å². The van der Waals surface area contributed by atoms with Crippen molar-refractivity contribution >= 4 is 17.3 Å². The predicted octanol–water partition coefficient (Wildman–Crippen LogP) is 5.23. The molecule has 5 rings (SSSR count). The number of carbonyl (C=O) groups excluding carboxylic acids is 2. The van der Waals surface area contributed by atoms with Gasteiger partial charge >= 0.3 is 0 Å². The number of nitrogens with zero attached hydrogens (tertiary/aromatic N) is 2. The van der Waals surface area contributed by atoms with Crippen LogP contribution in [0.4, 0.5) is 5.69 Å². The van der Waals surface area contributed by atoms with Gasteiger partial charge in [-0.15, -0.1) is 0 Å². The molecule has 8 heteroatoms. The first-order valence-electron chi connectivity index (χ1n) is 12.2. The third kappa shape index (κ3) is 4.17. The normalized spacial score (nSPS) is 18.2. The average molecular weight is 489 g/mol. The first-order valence-corrected chi connectivity index (χ1v) is 12.2. The molecule has 0 fully saturated rings. The Balaban J connectivity index is 1.51. The highest BCUT2D eigenvalue weighted by molar-refractivity contribution is 6.06. The Morgan fingerprint density at radius 1 is 0.944 bits per heavy atom. The number of carbonyl (C=O) groups is 2. The second kappa shape index (κ2) is 9.60. The molecule has 0 saturated carbocycles. The van der Waals surface area contributed by atoms with Gasteiger partial charge < -0.3 is 14.4 Å². The number of hydrogen-bond acceptors (Lipinski definition) is 7. The first kappa shape index (κ1) is 23.8. The Bertz CT molecular complexity index is 1280. The van der Waals surface area contributed by atoms with Gasteiger partial charge in [0.25, 0.3) is 5.69 Å². The summed E-state index contributed by atoms with van der Waals surface area (Å²) in [6, 6.07) is 11.8. The van der Waals surface area contributed by atoms with E-state index >= 15 is 0 Å². The molecule has 1 aliphatic heterocycles. The van der Waals surface area contributed by atoms with Crippen molar-refractivity contribution in [3.05, 3.63) is 86.2 Å². The summed E-state index contributed by atoms with van der Waals surface area (Å²) in [4.78, 5) is 39.1. The number of nitro benzene ring substituents is 1. The van der Waals surface area contributed by atoms with E-state index in [2.05, 4.69) is 4.90 Å². The number of benzene rings is 2. The summed E-state index contributed by atoms with van der Waals surface area (Å²) >= 11 is 0. The number of hydrogen-bond donors (Lipinski definition) is 0. The second-order valence-corrected chi connectivity index (χ2v) is 9.39. The lowest BCUT2D eigenvalue weighted by Gasteiger charge is -2.42. The number of ether oxygens (including phenoxy) is 2. The number of non-ortho nitro benzene ring substituents is 1. The third-order valence-electron chi connectivity index (χ3n) is 7.28. The molecule has 0 bridgehead atoms. The van der Waals surface area contributed by atoms with Gasteiger partial charge in [-0.1, -0.05) is 18.2 Å². The molecule has 0 spiro atoms. The molecule has 0 unspecified atom stereocenters. The van der Waals surface area contributed by atoms with Gasteiger partial charge in [-0.3, -0.25) is 19.7 Å². The average Bonchev–Trinajstić information content (AvgIpc) is 2.89. The molecule has 2 aromatic rings. The lowest BCUT2D eigenvalue weighted by molar-refractivity contribution is -0.384. The van der Waals surface area contributed by atoms with Crippen LogP contribution in [0, 0.1) is 10.1 Å². The molecule has 1 heterocycles. The lowest BCUT2D eigenvalue weighted by atomic mass is 9.71. The van der Waals surface area contributed by atoms with Crippen LogP contribution in [-0.4, -0.2) is 35.5 Å². The summed E-state index contributed by atoms with van der Waals surface area (Å²) in [5.41, 5.74) is 4.99. The largest absolute Gasteiger partial charge is 0.493 e. The molecule has 0 saturated heterocycles. The van der Waals surface area contributed by atoms with Crippen LogP contribution in [0.15, 0.2) is 65.0 Å². The van der Waals surface area contributed by atoms with E-state index in [1.54, 1.807) is 25.3 Å². The molecule has 2 aliphatic carbocycles.